The first-order valence-corrected chi connectivity index (χ1v) is 7.44. The minimum Gasteiger partial charge on any atom is -0.492 e. The summed E-state index contributed by atoms with van der Waals surface area (Å²) in [5.41, 5.74) is 1.22. The molecule has 0 radical (unpaired) electrons. The average Bonchev–Trinajstić information content (AvgIpc) is 2.45. The second-order valence-electron chi connectivity index (χ2n) is 5.17. The first-order chi connectivity index (χ1) is 9.67. The van der Waals surface area contributed by atoms with Crippen LogP contribution in [0.3, 0.4) is 0 Å². The maximum atomic E-state index is 5.93. The van der Waals surface area contributed by atoms with Crippen molar-refractivity contribution < 1.29 is 4.74 Å². The fourth-order valence-electron chi connectivity index (χ4n) is 1.95. The molecule has 3 heteroatoms. The first-order valence-electron chi connectivity index (χ1n) is 7.44. The number of nitrogens with zero attached hydrogens (tertiary/aromatic N) is 1. The minimum absolute atomic E-state index is 0.478. The van der Waals surface area contributed by atoms with Crippen LogP contribution in [-0.2, 0) is 6.54 Å². The molecular weight excluding hydrogens is 248 g/mol. The number of benzene rings is 1. The van der Waals surface area contributed by atoms with E-state index in [-0.39, 0.29) is 0 Å². The smallest absolute Gasteiger partial charge is 0.123 e. The van der Waals surface area contributed by atoms with Gasteiger partial charge >= 0.3 is 0 Å². The molecule has 0 aliphatic carbocycles. The highest BCUT2D eigenvalue weighted by molar-refractivity contribution is 5.33. The third kappa shape index (κ3) is 6.22. The van der Waals surface area contributed by atoms with Gasteiger partial charge in [-0.25, -0.2) is 0 Å². The normalized spacial score (nSPS) is 11.1. The molecule has 1 rings (SSSR count). The number of rotatable bonds is 10. The lowest BCUT2D eigenvalue weighted by atomic mass is 10.2. The van der Waals surface area contributed by atoms with Crippen LogP contribution < -0.4 is 10.1 Å². The van der Waals surface area contributed by atoms with E-state index in [1.165, 1.54) is 5.56 Å². The van der Waals surface area contributed by atoms with Gasteiger partial charge in [0.05, 0.1) is 0 Å². The van der Waals surface area contributed by atoms with Crippen LogP contribution in [0.25, 0.3) is 0 Å². The van der Waals surface area contributed by atoms with E-state index in [4.69, 9.17) is 4.74 Å². The number of likely N-dealkylation sites (N-methyl/N-ethyl adjacent to an activating group) is 1. The summed E-state index contributed by atoms with van der Waals surface area (Å²) in [6, 6.07) is 8.72. The van der Waals surface area contributed by atoms with Gasteiger partial charge in [0.2, 0.25) is 0 Å². The summed E-state index contributed by atoms with van der Waals surface area (Å²) in [5.74, 6) is 0.982. The van der Waals surface area contributed by atoms with E-state index in [0.717, 1.165) is 31.9 Å². The molecule has 1 aromatic carbocycles. The Morgan fingerprint density at radius 1 is 1.35 bits per heavy atom. The molecule has 0 fully saturated rings. The van der Waals surface area contributed by atoms with E-state index in [1.54, 1.807) is 0 Å². The maximum Gasteiger partial charge on any atom is 0.123 e. The van der Waals surface area contributed by atoms with Crippen LogP contribution in [0.2, 0.25) is 0 Å². The standard InChI is InChI=1S/C17H28N2O/c1-5-11-19(6-2)12-13-20-17-10-8-7-9-16(17)14-18-15(3)4/h5,7-10,15,18H,1,6,11-14H2,2-4H3. The molecule has 0 aliphatic rings. The Hall–Kier alpha value is -1.32. The third-order valence-electron chi connectivity index (χ3n) is 3.17. The highest BCUT2D eigenvalue weighted by Crippen LogP contribution is 2.17. The van der Waals surface area contributed by atoms with Crippen LogP contribution >= 0.6 is 0 Å². The molecule has 0 atom stereocenters. The van der Waals surface area contributed by atoms with Crippen molar-refractivity contribution in [1.29, 1.82) is 0 Å². The van der Waals surface area contributed by atoms with Gasteiger partial charge in [0.15, 0.2) is 0 Å². The van der Waals surface area contributed by atoms with Crippen molar-refractivity contribution in [1.82, 2.24) is 10.2 Å². The van der Waals surface area contributed by atoms with Crippen molar-refractivity contribution in [2.45, 2.75) is 33.4 Å². The van der Waals surface area contributed by atoms with Crippen LogP contribution in [0.15, 0.2) is 36.9 Å². The Morgan fingerprint density at radius 2 is 2.10 bits per heavy atom. The zero-order chi connectivity index (χ0) is 14.8. The zero-order valence-corrected chi connectivity index (χ0v) is 13.1. The number of para-hydroxylation sites is 1. The molecule has 0 saturated carbocycles. The third-order valence-corrected chi connectivity index (χ3v) is 3.17. The van der Waals surface area contributed by atoms with Gasteiger partial charge in [-0.15, -0.1) is 6.58 Å². The van der Waals surface area contributed by atoms with E-state index in [9.17, 15) is 0 Å². The largest absolute Gasteiger partial charge is 0.492 e. The van der Waals surface area contributed by atoms with Gasteiger partial charge < -0.3 is 10.1 Å². The molecule has 0 spiro atoms. The summed E-state index contributed by atoms with van der Waals surface area (Å²) in [7, 11) is 0. The van der Waals surface area contributed by atoms with E-state index in [0.29, 0.717) is 12.6 Å². The lowest BCUT2D eigenvalue weighted by molar-refractivity contribution is 0.228. The van der Waals surface area contributed by atoms with Crippen molar-refractivity contribution in [2.24, 2.45) is 0 Å². The Kier molecular flexibility index (Phi) is 8.00. The van der Waals surface area contributed by atoms with Gasteiger partial charge in [0.25, 0.3) is 0 Å². The lowest BCUT2D eigenvalue weighted by Crippen LogP contribution is -2.28. The predicted molar refractivity (Wildman–Crippen MR) is 86.2 cm³/mol. The number of nitrogens with one attached hydrogen (secondary N) is 1. The molecule has 0 heterocycles. The van der Waals surface area contributed by atoms with E-state index < -0.39 is 0 Å². The van der Waals surface area contributed by atoms with Crippen LogP contribution in [0, 0.1) is 0 Å². The van der Waals surface area contributed by atoms with Crippen molar-refractivity contribution in [3.05, 3.63) is 42.5 Å². The Bertz CT molecular complexity index is 390. The Labute approximate surface area is 123 Å². The Balaban J connectivity index is 2.48. The summed E-state index contributed by atoms with van der Waals surface area (Å²) in [6.07, 6.45) is 1.93. The summed E-state index contributed by atoms with van der Waals surface area (Å²) < 4.78 is 5.93. The fourth-order valence-corrected chi connectivity index (χ4v) is 1.95. The van der Waals surface area contributed by atoms with Gasteiger partial charge in [-0.05, 0) is 12.6 Å². The van der Waals surface area contributed by atoms with Crippen LogP contribution in [-0.4, -0.2) is 37.2 Å². The molecule has 0 bridgehead atoms. The Morgan fingerprint density at radius 3 is 2.75 bits per heavy atom. The van der Waals surface area contributed by atoms with E-state index >= 15 is 0 Å². The van der Waals surface area contributed by atoms with Gasteiger partial charge in [-0.1, -0.05) is 45.0 Å². The topological polar surface area (TPSA) is 24.5 Å². The summed E-state index contributed by atoms with van der Waals surface area (Å²) >= 11 is 0. The number of hydrogen-bond donors (Lipinski definition) is 1. The quantitative estimate of drug-likeness (QED) is 0.665. The van der Waals surface area contributed by atoms with Gasteiger partial charge in [-0.3, -0.25) is 4.90 Å². The SMILES string of the molecule is C=CCN(CC)CCOc1ccccc1CNC(C)C. The van der Waals surface area contributed by atoms with E-state index in [1.807, 2.05) is 18.2 Å². The molecular formula is C17H28N2O. The minimum atomic E-state index is 0.478. The second kappa shape index (κ2) is 9.56. The molecule has 20 heavy (non-hydrogen) atoms. The molecule has 0 aliphatic heterocycles. The molecule has 0 amide bonds. The molecule has 1 N–H and O–H groups in total. The molecule has 1 aromatic rings. The monoisotopic (exact) mass is 276 g/mol. The number of hydrogen-bond acceptors (Lipinski definition) is 3. The molecule has 0 saturated heterocycles. The fraction of sp³-hybridized carbons (Fsp3) is 0.529. The summed E-state index contributed by atoms with van der Waals surface area (Å²) in [5, 5.41) is 3.43. The van der Waals surface area contributed by atoms with Crippen molar-refractivity contribution in [2.75, 3.05) is 26.2 Å². The highest BCUT2D eigenvalue weighted by Gasteiger charge is 2.05. The van der Waals surface area contributed by atoms with Crippen molar-refractivity contribution in [3.63, 3.8) is 0 Å². The van der Waals surface area contributed by atoms with E-state index in [2.05, 4.69) is 49.7 Å². The van der Waals surface area contributed by atoms with Crippen molar-refractivity contribution in [3.8, 4) is 5.75 Å². The lowest BCUT2D eigenvalue weighted by Gasteiger charge is -2.19. The van der Waals surface area contributed by atoms with Gasteiger partial charge in [0.1, 0.15) is 12.4 Å². The van der Waals surface area contributed by atoms with Crippen LogP contribution in [0.1, 0.15) is 26.3 Å². The molecule has 0 aromatic heterocycles. The van der Waals surface area contributed by atoms with Crippen LogP contribution in [0.4, 0.5) is 0 Å². The highest BCUT2D eigenvalue weighted by atomic mass is 16.5. The maximum absolute atomic E-state index is 5.93. The predicted octanol–water partition coefficient (Wildman–Crippen LogP) is 3.07. The zero-order valence-electron chi connectivity index (χ0n) is 13.1. The molecule has 112 valence electrons. The summed E-state index contributed by atoms with van der Waals surface area (Å²) in [6.45, 7) is 14.6. The molecule has 3 nitrogen and oxygen atoms in total. The van der Waals surface area contributed by atoms with Gasteiger partial charge in [0, 0.05) is 31.2 Å². The average molecular weight is 276 g/mol. The van der Waals surface area contributed by atoms with Crippen LogP contribution in [0.5, 0.6) is 5.75 Å². The van der Waals surface area contributed by atoms with Gasteiger partial charge in [-0.2, -0.15) is 0 Å². The van der Waals surface area contributed by atoms with Crippen molar-refractivity contribution >= 4 is 0 Å². The second-order valence-corrected chi connectivity index (χ2v) is 5.17. The number of ether oxygens (including phenoxy) is 1. The summed E-state index contributed by atoms with van der Waals surface area (Å²) in [4.78, 5) is 2.31. The molecule has 0 unspecified atom stereocenters. The first kappa shape index (κ1) is 16.7.